The predicted octanol–water partition coefficient (Wildman–Crippen LogP) is 1.95. The fourth-order valence-corrected chi connectivity index (χ4v) is 3.55. The number of aromatic nitrogens is 2. The van der Waals surface area contributed by atoms with Gasteiger partial charge in [0.05, 0.1) is 31.6 Å². The van der Waals surface area contributed by atoms with E-state index in [0.29, 0.717) is 19.8 Å². The van der Waals surface area contributed by atoms with Crippen LogP contribution in [-0.2, 0) is 11.3 Å². The minimum atomic E-state index is -0.0708. The maximum Gasteiger partial charge on any atom is 0.269 e. The highest BCUT2D eigenvalue weighted by Gasteiger charge is 2.13. The van der Waals surface area contributed by atoms with Gasteiger partial charge in [-0.2, -0.15) is 5.10 Å². The largest absolute Gasteiger partial charge is 0.378 e. The Morgan fingerprint density at radius 2 is 2.15 bits per heavy atom. The number of morpholine rings is 1. The normalized spacial score (nSPS) is 15.6. The molecule has 0 bridgehead atoms. The molecule has 0 saturated carbocycles. The first kappa shape index (κ1) is 13.8. The van der Waals surface area contributed by atoms with Gasteiger partial charge in [0.25, 0.3) is 5.56 Å². The molecule has 1 saturated heterocycles. The number of ether oxygens (including phenoxy) is 1. The van der Waals surface area contributed by atoms with Gasteiger partial charge in [-0.3, -0.25) is 4.79 Å². The van der Waals surface area contributed by atoms with E-state index in [4.69, 9.17) is 4.74 Å². The molecule has 2 aromatic rings. The summed E-state index contributed by atoms with van der Waals surface area (Å²) in [4.78, 5) is 15.4. The van der Waals surface area contributed by atoms with Crippen LogP contribution in [0.5, 0.6) is 0 Å². The van der Waals surface area contributed by atoms with Crippen LogP contribution < -0.4 is 10.5 Å². The van der Waals surface area contributed by atoms with Crippen molar-refractivity contribution in [3.63, 3.8) is 0 Å². The third kappa shape index (κ3) is 3.11. The lowest BCUT2D eigenvalue weighted by Crippen LogP contribution is -2.37. The van der Waals surface area contributed by atoms with Gasteiger partial charge >= 0.3 is 0 Å². The first-order chi connectivity index (χ1) is 9.72. The summed E-state index contributed by atoms with van der Waals surface area (Å²) in [5, 5.41) is 6.27. The smallest absolute Gasteiger partial charge is 0.269 e. The number of halogens is 1. The topological polar surface area (TPSA) is 47.4 Å². The van der Waals surface area contributed by atoms with E-state index in [2.05, 4.69) is 25.9 Å². The standard InChI is InChI=1S/C13H14BrN3O2S/c14-10-5-12(20-9-10)8-17-13(18)6-11(7-15-17)16-1-3-19-4-2-16/h5-7,9H,1-4,8H2. The molecule has 0 aliphatic carbocycles. The average Bonchev–Trinajstić information content (AvgIpc) is 2.87. The molecule has 1 aliphatic rings. The highest BCUT2D eigenvalue weighted by Crippen LogP contribution is 2.20. The van der Waals surface area contributed by atoms with Crippen molar-refractivity contribution in [1.82, 2.24) is 9.78 Å². The summed E-state index contributed by atoms with van der Waals surface area (Å²) in [6, 6.07) is 3.66. The Balaban J connectivity index is 1.78. The molecular formula is C13H14BrN3O2S. The zero-order valence-corrected chi connectivity index (χ0v) is 13.2. The molecule has 2 aromatic heterocycles. The van der Waals surface area contributed by atoms with Gasteiger partial charge in [0.2, 0.25) is 0 Å². The first-order valence-electron chi connectivity index (χ1n) is 6.35. The number of nitrogens with zero attached hydrogens (tertiary/aromatic N) is 3. The second kappa shape index (κ2) is 6.07. The Kier molecular flexibility index (Phi) is 4.18. The molecule has 7 heteroatoms. The van der Waals surface area contributed by atoms with Crippen LogP contribution in [0, 0.1) is 0 Å². The molecule has 0 unspecified atom stereocenters. The van der Waals surface area contributed by atoms with E-state index in [0.717, 1.165) is 28.1 Å². The van der Waals surface area contributed by atoms with Crippen LogP contribution in [0.25, 0.3) is 0 Å². The summed E-state index contributed by atoms with van der Waals surface area (Å²) in [6.45, 7) is 3.53. The van der Waals surface area contributed by atoms with Gasteiger partial charge in [0.15, 0.2) is 0 Å². The second-order valence-electron chi connectivity index (χ2n) is 4.54. The number of rotatable bonds is 3. The molecule has 0 N–H and O–H groups in total. The average molecular weight is 356 g/mol. The molecule has 0 radical (unpaired) electrons. The van der Waals surface area contributed by atoms with Crippen molar-refractivity contribution >= 4 is 33.0 Å². The number of thiophene rings is 1. The van der Waals surface area contributed by atoms with Crippen LogP contribution in [0.3, 0.4) is 0 Å². The molecule has 0 amide bonds. The quantitative estimate of drug-likeness (QED) is 0.844. The molecule has 3 rings (SSSR count). The zero-order valence-electron chi connectivity index (χ0n) is 10.8. The van der Waals surface area contributed by atoms with E-state index >= 15 is 0 Å². The van der Waals surface area contributed by atoms with Crippen LogP contribution in [0.4, 0.5) is 5.69 Å². The summed E-state index contributed by atoms with van der Waals surface area (Å²) in [6.07, 6.45) is 1.76. The van der Waals surface area contributed by atoms with E-state index < -0.39 is 0 Å². The van der Waals surface area contributed by atoms with Crippen LogP contribution >= 0.6 is 27.3 Å². The minimum Gasteiger partial charge on any atom is -0.378 e. The lowest BCUT2D eigenvalue weighted by molar-refractivity contribution is 0.122. The summed E-state index contributed by atoms with van der Waals surface area (Å²) < 4.78 is 7.83. The van der Waals surface area contributed by atoms with Gasteiger partial charge in [-0.15, -0.1) is 11.3 Å². The summed E-state index contributed by atoms with van der Waals surface area (Å²) in [5.41, 5.74) is 0.806. The second-order valence-corrected chi connectivity index (χ2v) is 6.45. The van der Waals surface area contributed by atoms with Crippen molar-refractivity contribution in [1.29, 1.82) is 0 Å². The fourth-order valence-electron chi connectivity index (χ4n) is 2.12. The van der Waals surface area contributed by atoms with Crippen molar-refractivity contribution in [2.45, 2.75) is 6.54 Å². The monoisotopic (exact) mass is 355 g/mol. The Morgan fingerprint density at radius 3 is 2.80 bits per heavy atom. The van der Waals surface area contributed by atoms with Crippen molar-refractivity contribution in [2.24, 2.45) is 0 Å². The van der Waals surface area contributed by atoms with Crippen molar-refractivity contribution in [3.8, 4) is 0 Å². The molecule has 106 valence electrons. The van der Waals surface area contributed by atoms with E-state index in [-0.39, 0.29) is 5.56 Å². The lowest BCUT2D eigenvalue weighted by Gasteiger charge is -2.28. The molecule has 0 atom stereocenters. The summed E-state index contributed by atoms with van der Waals surface area (Å²) in [7, 11) is 0. The Bertz CT molecular complexity index is 649. The van der Waals surface area contributed by atoms with Crippen LogP contribution in [0.15, 0.2) is 33.0 Å². The van der Waals surface area contributed by atoms with Gasteiger partial charge in [0, 0.05) is 33.9 Å². The Morgan fingerprint density at radius 1 is 1.35 bits per heavy atom. The number of hydrogen-bond donors (Lipinski definition) is 0. The van der Waals surface area contributed by atoms with Crippen molar-refractivity contribution < 1.29 is 4.74 Å². The molecule has 5 nitrogen and oxygen atoms in total. The van der Waals surface area contributed by atoms with E-state index in [1.165, 1.54) is 4.68 Å². The summed E-state index contributed by atoms with van der Waals surface area (Å²) in [5.74, 6) is 0. The highest BCUT2D eigenvalue weighted by atomic mass is 79.9. The van der Waals surface area contributed by atoms with Gasteiger partial charge in [-0.25, -0.2) is 4.68 Å². The maximum atomic E-state index is 12.1. The van der Waals surface area contributed by atoms with Gasteiger partial charge < -0.3 is 9.64 Å². The minimum absolute atomic E-state index is 0.0708. The van der Waals surface area contributed by atoms with Gasteiger partial charge in [0.1, 0.15) is 0 Å². The number of hydrogen-bond acceptors (Lipinski definition) is 5. The number of anilines is 1. The van der Waals surface area contributed by atoms with E-state index in [9.17, 15) is 4.79 Å². The predicted molar refractivity (Wildman–Crippen MR) is 82.7 cm³/mol. The molecule has 3 heterocycles. The molecule has 1 fully saturated rings. The molecular weight excluding hydrogens is 342 g/mol. The van der Waals surface area contributed by atoms with Crippen LogP contribution in [-0.4, -0.2) is 36.1 Å². The van der Waals surface area contributed by atoms with Crippen LogP contribution in [0.1, 0.15) is 4.88 Å². The van der Waals surface area contributed by atoms with Crippen molar-refractivity contribution in [2.75, 3.05) is 31.2 Å². The SMILES string of the molecule is O=c1cc(N2CCOCC2)cnn1Cc1cc(Br)cs1. The molecule has 20 heavy (non-hydrogen) atoms. The highest BCUT2D eigenvalue weighted by molar-refractivity contribution is 9.10. The maximum absolute atomic E-state index is 12.1. The Labute approximate surface area is 128 Å². The molecule has 0 aromatic carbocycles. The third-order valence-electron chi connectivity index (χ3n) is 3.16. The lowest BCUT2D eigenvalue weighted by atomic mass is 10.3. The third-order valence-corrected chi connectivity index (χ3v) is 4.84. The zero-order chi connectivity index (χ0) is 13.9. The van der Waals surface area contributed by atoms with E-state index in [1.54, 1.807) is 23.6 Å². The Hall–Kier alpha value is -1.18. The van der Waals surface area contributed by atoms with Crippen molar-refractivity contribution in [3.05, 3.63) is 43.4 Å². The van der Waals surface area contributed by atoms with Gasteiger partial charge in [-0.1, -0.05) is 0 Å². The molecule has 1 aliphatic heterocycles. The van der Waals surface area contributed by atoms with E-state index in [1.807, 2.05) is 11.4 Å². The fraction of sp³-hybridized carbons (Fsp3) is 0.385. The van der Waals surface area contributed by atoms with Crippen LogP contribution in [0.2, 0.25) is 0 Å². The summed E-state index contributed by atoms with van der Waals surface area (Å²) >= 11 is 5.02. The first-order valence-corrected chi connectivity index (χ1v) is 8.02. The van der Waals surface area contributed by atoms with Gasteiger partial charge in [-0.05, 0) is 22.0 Å². The molecule has 0 spiro atoms.